The summed E-state index contributed by atoms with van der Waals surface area (Å²) in [5, 5.41) is 5.85. The standard InChI is InChI=1S/C26H23N5O2/c1-2-6-24(32)30-15-13-20(14-16-30)31-26-23(17-27-18-28-26)25(29-31)19-9-11-22(12-10-19)33-21-7-4-3-5-8-21/h3-5,7-12,17-18,20H,13-16H2,1H3. The molecule has 0 bridgehead atoms. The quantitative estimate of drug-likeness (QED) is 0.441. The Morgan fingerprint density at radius 3 is 2.48 bits per heavy atom. The van der Waals surface area contributed by atoms with Crippen LogP contribution < -0.4 is 4.74 Å². The van der Waals surface area contributed by atoms with Crippen molar-refractivity contribution in [3.63, 3.8) is 0 Å². The Balaban J connectivity index is 1.40. The second-order valence-corrected chi connectivity index (χ2v) is 7.89. The summed E-state index contributed by atoms with van der Waals surface area (Å²) in [5.41, 5.74) is 2.62. The molecular weight excluding hydrogens is 414 g/mol. The van der Waals surface area contributed by atoms with Crippen LogP contribution >= 0.6 is 0 Å². The summed E-state index contributed by atoms with van der Waals surface area (Å²) in [4.78, 5) is 22.6. The van der Waals surface area contributed by atoms with Gasteiger partial charge in [-0.15, -0.1) is 0 Å². The Labute approximate surface area is 192 Å². The molecule has 0 unspecified atom stereocenters. The first kappa shape index (κ1) is 20.7. The van der Waals surface area contributed by atoms with Crippen LogP contribution in [0.15, 0.2) is 67.1 Å². The van der Waals surface area contributed by atoms with Gasteiger partial charge in [0.15, 0.2) is 5.65 Å². The number of aromatic nitrogens is 4. The number of carbonyl (C=O) groups excluding carboxylic acids is 1. The Morgan fingerprint density at radius 1 is 1.03 bits per heavy atom. The van der Waals surface area contributed by atoms with E-state index in [1.54, 1.807) is 18.2 Å². The Bertz CT molecular complexity index is 1330. The molecule has 5 rings (SSSR count). The highest BCUT2D eigenvalue weighted by Crippen LogP contribution is 2.32. The summed E-state index contributed by atoms with van der Waals surface area (Å²) >= 11 is 0. The van der Waals surface area contributed by atoms with Crippen molar-refractivity contribution in [2.45, 2.75) is 25.8 Å². The molecule has 1 fully saturated rings. The molecule has 33 heavy (non-hydrogen) atoms. The van der Waals surface area contributed by atoms with Crippen LogP contribution in [0.25, 0.3) is 22.3 Å². The van der Waals surface area contributed by atoms with E-state index in [1.165, 1.54) is 0 Å². The smallest absolute Gasteiger partial charge is 0.298 e. The normalized spacial score (nSPS) is 14.0. The minimum Gasteiger partial charge on any atom is -0.457 e. The van der Waals surface area contributed by atoms with Crippen LogP contribution in [0.4, 0.5) is 0 Å². The van der Waals surface area contributed by atoms with Gasteiger partial charge in [0.2, 0.25) is 0 Å². The molecule has 4 aromatic rings. The van der Waals surface area contributed by atoms with Crippen molar-refractivity contribution in [2.24, 2.45) is 0 Å². The highest BCUT2D eigenvalue weighted by Gasteiger charge is 2.26. The van der Waals surface area contributed by atoms with E-state index in [0.717, 1.165) is 46.6 Å². The molecule has 1 amide bonds. The number of para-hydroxylation sites is 1. The minimum atomic E-state index is -0.109. The van der Waals surface area contributed by atoms with Crippen molar-refractivity contribution >= 4 is 16.9 Å². The van der Waals surface area contributed by atoms with Gasteiger partial charge in [0.25, 0.3) is 5.91 Å². The van der Waals surface area contributed by atoms with Gasteiger partial charge in [-0.2, -0.15) is 5.10 Å². The molecule has 2 aromatic heterocycles. The number of ether oxygens (including phenoxy) is 1. The van der Waals surface area contributed by atoms with Gasteiger partial charge in [-0.1, -0.05) is 24.1 Å². The molecule has 164 valence electrons. The summed E-state index contributed by atoms with van der Waals surface area (Å²) < 4.78 is 7.91. The van der Waals surface area contributed by atoms with E-state index in [1.807, 2.05) is 65.5 Å². The first-order valence-corrected chi connectivity index (χ1v) is 11.0. The lowest BCUT2D eigenvalue weighted by Crippen LogP contribution is -2.38. The predicted octanol–water partition coefficient (Wildman–Crippen LogP) is 4.47. The fraction of sp³-hybridized carbons (Fsp3) is 0.231. The van der Waals surface area contributed by atoms with E-state index in [-0.39, 0.29) is 11.9 Å². The lowest BCUT2D eigenvalue weighted by Gasteiger charge is -2.30. The predicted molar refractivity (Wildman–Crippen MR) is 126 cm³/mol. The van der Waals surface area contributed by atoms with E-state index in [0.29, 0.717) is 13.1 Å². The van der Waals surface area contributed by atoms with Crippen LogP contribution in [-0.2, 0) is 4.79 Å². The van der Waals surface area contributed by atoms with Gasteiger partial charge in [0.1, 0.15) is 23.5 Å². The number of piperidine rings is 1. The van der Waals surface area contributed by atoms with Crippen LogP contribution in [0.1, 0.15) is 25.8 Å². The number of nitrogens with zero attached hydrogens (tertiary/aromatic N) is 5. The molecule has 1 aliphatic rings. The third kappa shape index (κ3) is 4.28. The van der Waals surface area contributed by atoms with Crippen LogP contribution in [0.2, 0.25) is 0 Å². The lowest BCUT2D eigenvalue weighted by molar-refractivity contribution is -0.126. The second kappa shape index (κ2) is 9.13. The fourth-order valence-electron chi connectivity index (χ4n) is 4.15. The average Bonchev–Trinajstić information content (AvgIpc) is 3.25. The lowest BCUT2D eigenvalue weighted by atomic mass is 10.1. The van der Waals surface area contributed by atoms with E-state index in [9.17, 15) is 4.79 Å². The molecule has 1 saturated heterocycles. The van der Waals surface area contributed by atoms with Gasteiger partial charge >= 0.3 is 0 Å². The van der Waals surface area contributed by atoms with Crippen molar-refractivity contribution in [1.82, 2.24) is 24.6 Å². The van der Waals surface area contributed by atoms with Crippen LogP contribution in [0, 0.1) is 11.8 Å². The summed E-state index contributed by atoms with van der Waals surface area (Å²) in [5.74, 6) is 6.76. The molecule has 0 atom stereocenters. The first-order chi connectivity index (χ1) is 16.2. The second-order valence-electron chi connectivity index (χ2n) is 7.89. The molecule has 0 aliphatic carbocycles. The number of amides is 1. The molecule has 0 saturated carbocycles. The zero-order valence-corrected chi connectivity index (χ0v) is 18.3. The van der Waals surface area contributed by atoms with Gasteiger partial charge in [-0.25, -0.2) is 14.6 Å². The average molecular weight is 438 g/mol. The highest BCUT2D eigenvalue weighted by atomic mass is 16.5. The Morgan fingerprint density at radius 2 is 1.76 bits per heavy atom. The van der Waals surface area contributed by atoms with Crippen molar-refractivity contribution < 1.29 is 9.53 Å². The summed E-state index contributed by atoms with van der Waals surface area (Å²) in [6.45, 7) is 3.00. The number of fused-ring (bicyclic) bond motifs is 1. The molecule has 0 N–H and O–H groups in total. The molecule has 7 nitrogen and oxygen atoms in total. The Hall–Kier alpha value is -4.18. The topological polar surface area (TPSA) is 73.1 Å². The van der Waals surface area contributed by atoms with E-state index < -0.39 is 0 Å². The molecular formula is C26H23N5O2. The Kier molecular flexibility index (Phi) is 5.73. The molecule has 0 radical (unpaired) electrons. The zero-order valence-electron chi connectivity index (χ0n) is 18.3. The largest absolute Gasteiger partial charge is 0.457 e. The van der Waals surface area contributed by atoms with Gasteiger partial charge in [0, 0.05) is 24.8 Å². The van der Waals surface area contributed by atoms with Gasteiger partial charge in [-0.05, 0) is 62.1 Å². The molecule has 1 aliphatic heterocycles. The van der Waals surface area contributed by atoms with Crippen LogP contribution in [0.5, 0.6) is 11.5 Å². The minimum absolute atomic E-state index is 0.109. The van der Waals surface area contributed by atoms with E-state index in [2.05, 4.69) is 21.8 Å². The maximum absolute atomic E-state index is 12.1. The summed E-state index contributed by atoms with van der Waals surface area (Å²) in [6.07, 6.45) is 4.98. The van der Waals surface area contributed by atoms with Crippen LogP contribution in [0.3, 0.4) is 0 Å². The van der Waals surface area contributed by atoms with Crippen molar-refractivity contribution in [1.29, 1.82) is 0 Å². The van der Waals surface area contributed by atoms with E-state index >= 15 is 0 Å². The molecule has 7 heteroatoms. The number of hydrogen-bond acceptors (Lipinski definition) is 5. The van der Waals surface area contributed by atoms with E-state index in [4.69, 9.17) is 9.84 Å². The third-order valence-electron chi connectivity index (χ3n) is 5.81. The van der Waals surface area contributed by atoms with Crippen LogP contribution in [-0.4, -0.2) is 43.6 Å². The zero-order chi connectivity index (χ0) is 22.6. The number of hydrogen-bond donors (Lipinski definition) is 0. The molecule has 3 heterocycles. The molecule has 2 aromatic carbocycles. The number of likely N-dealkylation sites (tertiary alicyclic amines) is 1. The summed E-state index contributed by atoms with van der Waals surface area (Å²) in [7, 11) is 0. The van der Waals surface area contributed by atoms with Crippen molar-refractivity contribution in [2.75, 3.05) is 13.1 Å². The SMILES string of the molecule is CC#CC(=O)N1CCC(n2nc(-c3ccc(Oc4ccccc4)cc3)c3cncnc32)CC1. The van der Waals surface area contributed by atoms with Crippen molar-refractivity contribution in [3.05, 3.63) is 67.1 Å². The fourth-order valence-corrected chi connectivity index (χ4v) is 4.15. The number of carbonyl (C=O) groups is 1. The van der Waals surface area contributed by atoms with Gasteiger partial charge < -0.3 is 9.64 Å². The monoisotopic (exact) mass is 437 g/mol. The maximum atomic E-state index is 12.1. The maximum Gasteiger partial charge on any atom is 0.298 e. The number of benzene rings is 2. The van der Waals surface area contributed by atoms with Crippen molar-refractivity contribution in [3.8, 4) is 34.6 Å². The first-order valence-electron chi connectivity index (χ1n) is 11.0. The number of rotatable bonds is 4. The third-order valence-corrected chi connectivity index (χ3v) is 5.81. The molecule has 0 spiro atoms. The summed E-state index contributed by atoms with van der Waals surface area (Å²) in [6, 6.07) is 17.7. The van der Waals surface area contributed by atoms with Gasteiger partial charge in [0.05, 0.1) is 11.4 Å². The van der Waals surface area contributed by atoms with Gasteiger partial charge in [-0.3, -0.25) is 4.79 Å². The highest BCUT2D eigenvalue weighted by molar-refractivity contribution is 5.93.